The smallest absolute Gasteiger partial charge is 0.258 e. The summed E-state index contributed by atoms with van der Waals surface area (Å²) in [6, 6.07) is 25.7. The Hall–Kier alpha value is -3.97. The summed E-state index contributed by atoms with van der Waals surface area (Å²) < 4.78 is 11.3. The molecule has 0 fully saturated rings. The number of aryl methyl sites for hydroxylation is 1. The number of thiocarbonyl (C=S) groups is 1. The Bertz CT molecular complexity index is 1380. The van der Waals surface area contributed by atoms with E-state index in [2.05, 4.69) is 10.5 Å². The second kappa shape index (κ2) is 9.11. The van der Waals surface area contributed by atoms with E-state index in [1.165, 1.54) is 0 Å². The van der Waals surface area contributed by atoms with Gasteiger partial charge in [0.15, 0.2) is 5.11 Å². The number of methoxy groups -OCH3 is 1. The SMILES string of the molecule is COc1cccc(C2NC(=S)N(c3ccccc3)C(C)=C2c2nc(-c3cccc(C)c3)no2)c1. The number of hydrogen-bond donors (Lipinski definition) is 1. The molecule has 1 atom stereocenters. The molecule has 0 saturated carbocycles. The molecular weight excluding hydrogens is 444 g/mol. The third-order valence-electron chi connectivity index (χ3n) is 5.86. The summed E-state index contributed by atoms with van der Waals surface area (Å²) in [5.74, 6) is 1.75. The third-order valence-corrected chi connectivity index (χ3v) is 6.16. The van der Waals surface area contributed by atoms with Crippen LogP contribution < -0.4 is 15.0 Å². The van der Waals surface area contributed by atoms with Crippen LogP contribution in [0.25, 0.3) is 17.0 Å². The number of allylic oxidation sites excluding steroid dienone is 1. The number of para-hydroxylation sites is 1. The highest BCUT2D eigenvalue weighted by Gasteiger charge is 2.35. The molecule has 5 rings (SSSR count). The van der Waals surface area contributed by atoms with E-state index in [-0.39, 0.29) is 6.04 Å². The zero-order chi connectivity index (χ0) is 23.7. The van der Waals surface area contributed by atoms with Gasteiger partial charge in [-0.05, 0) is 62.0 Å². The molecule has 2 heterocycles. The van der Waals surface area contributed by atoms with Crippen LogP contribution in [0.3, 0.4) is 0 Å². The van der Waals surface area contributed by atoms with Gasteiger partial charge in [-0.1, -0.05) is 59.3 Å². The normalized spacial score (nSPS) is 15.9. The average molecular weight is 469 g/mol. The predicted octanol–water partition coefficient (Wildman–Crippen LogP) is 5.92. The number of nitrogens with zero attached hydrogens (tertiary/aromatic N) is 3. The average Bonchev–Trinajstić information content (AvgIpc) is 3.34. The van der Waals surface area contributed by atoms with Gasteiger partial charge in [-0.3, -0.25) is 4.90 Å². The minimum absolute atomic E-state index is 0.284. The van der Waals surface area contributed by atoms with Gasteiger partial charge in [0, 0.05) is 16.9 Å². The van der Waals surface area contributed by atoms with E-state index in [9.17, 15) is 0 Å². The molecular formula is C27H24N4O2S. The molecule has 1 N–H and O–H groups in total. The molecule has 1 aromatic heterocycles. The van der Waals surface area contributed by atoms with Gasteiger partial charge in [0.05, 0.1) is 18.7 Å². The molecule has 0 radical (unpaired) electrons. The molecule has 0 saturated heterocycles. The molecule has 1 aliphatic heterocycles. The van der Waals surface area contributed by atoms with E-state index in [0.717, 1.165) is 39.4 Å². The van der Waals surface area contributed by atoms with Crippen molar-refractivity contribution in [2.75, 3.05) is 12.0 Å². The van der Waals surface area contributed by atoms with E-state index in [1.807, 2.05) is 97.6 Å². The van der Waals surface area contributed by atoms with Crippen LogP contribution in [0.2, 0.25) is 0 Å². The van der Waals surface area contributed by atoms with Crippen molar-refractivity contribution in [3.05, 3.63) is 102 Å². The van der Waals surface area contributed by atoms with Gasteiger partial charge >= 0.3 is 0 Å². The number of rotatable bonds is 5. The zero-order valence-electron chi connectivity index (χ0n) is 19.1. The van der Waals surface area contributed by atoms with Crippen LogP contribution >= 0.6 is 12.2 Å². The van der Waals surface area contributed by atoms with E-state index < -0.39 is 0 Å². The van der Waals surface area contributed by atoms with Gasteiger partial charge < -0.3 is 14.6 Å². The van der Waals surface area contributed by atoms with Gasteiger partial charge in [-0.25, -0.2) is 0 Å². The van der Waals surface area contributed by atoms with Gasteiger partial charge in [-0.15, -0.1) is 0 Å². The number of benzene rings is 3. The Morgan fingerprint density at radius 3 is 2.53 bits per heavy atom. The Balaban J connectivity index is 1.66. The first-order chi connectivity index (χ1) is 16.5. The Kier molecular flexibility index (Phi) is 5.86. The van der Waals surface area contributed by atoms with Crippen LogP contribution in [0.4, 0.5) is 5.69 Å². The van der Waals surface area contributed by atoms with Crippen molar-refractivity contribution in [2.24, 2.45) is 0 Å². The van der Waals surface area contributed by atoms with E-state index in [0.29, 0.717) is 16.8 Å². The molecule has 6 nitrogen and oxygen atoms in total. The number of nitrogens with one attached hydrogen (secondary N) is 1. The first-order valence-electron chi connectivity index (χ1n) is 11.0. The number of anilines is 1. The molecule has 34 heavy (non-hydrogen) atoms. The molecule has 0 aliphatic carbocycles. The van der Waals surface area contributed by atoms with Crippen LogP contribution in [-0.2, 0) is 0 Å². The first-order valence-corrected chi connectivity index (χ1v) is 11.4. The van der Waals surface area contributed by atoms with Crippen molar-refractivity contribution in [2.45, 2.75) is 19.9 Å². The number of aromatic nitrogens is 2. The maximum absolute atomic E-state index is 5.84. The molecule has 1 aliphatic rings. The van der Waals surface area contributed by atoms with E-state index in [4.69, 9.17) is 26.5 Å². The lowest BCUT2D eigenvalue weighted by Gasteiger charge is -2.37. The minimum atomic E-state index is -0.284. The topological polar surface area (TPSA) is 63.4 Å². The highest BCUT2D eigenvalue weighted by Crippen LogP contribution is 2.39. The highest BCUT2D eigenvalue weighted by molar-refractivity contribution is 7.80. The van der Waals surface area contributed by atoms with Gasteiger partial charge in [0.1, 0.15) is 5.75 Å². The largest absolute Gasteiger partial charge is 0.497 e. The lowest BCUT2D eigenvalue weighted by molar-refractivity contribution is 0.403. The lowest BCUT2D eigenvalue weighted by atomic mass is 9.94. The summed E-state index contributed by atoms with van der Waals surface area (Å²) >= 11 is 5.81. The fraction of sp³-hybridized carbons (Fsp3) is 0.148. The summed E-state index contributed by atoms with van der Waals surface area (Å²) in [7, 11) is 1.66. The van der Waals surface area contributed by atoms with Crippen LogP contribution in [0.1, 0.15) is 30.0 Å². The fourth-order valence-corrected chi connectivity index (χ4v) is 4.57. The standard InChI is InChI=1S/C27H24N4O2S/c1-17-9-7-11-20(15-17)25-29-26(33-30-25)23-18(2)31(21-12-5-4-6-13-21)27(34)28-24(23)19-10-8-14-22(16-19)32-3/h4-16,24H,1-3H3,(H,28,34). The van der Waals surface area contributed by atoms with Crippen molar-refractivity contribution < 1.29 is 9.26 Å². The van der Waals surface area contributed by atoms with Gasteiger partial charge in [0.2, 0.25) is 5.82 Å². The second-order valence-electron chi connectivity index (χ2n) is 8.12. The maximum Gasteiger partial charge on any atom is 0.258 e. The Morgan fingerprint density at radius 1 is 0.971 bits per heavy atom. The number of ether oxygens (including phenoxy) is 1. The molecule has 0 spiro atoms. The Labute approximate surface area is 203 Å². The molecule has 4 aromatic rings. The molecule has 170 valence electrons. The van der Waals surface area contributed by atoms with Gasteiger partial charge in [0.25, 0.3) is 5.89 Å². The first kappa shape index (κ1) is 21.9. The van der Waals surface area contributed by atoms with E-state index in [1.54, 1.807) is 7.11 Å². The fourth-order valence-electron chi connectivity index (χ4n) is 4.21. The highest BCUT2D eigenvalue weighted by atomic mass is 32.1. The van der Waals surface area contributed by atoms with Crippen molar-refractivity contribution >= 4 is 28.6 Å². The number of hydrogen-bond acceptors (Lipinski definition) is 5. The van der Waals surface area contributed by atoms with Crippen LogP contribution in [0.15, 0.2) is 89.1 Å². The van der Waals surface area contributed by atoms with Crippen LogP contribution in [-0.4, -0.2) is 22.4 Å². The minimum Gasteiger partial charge on any atom is -0.497 e. The Morgan fingerprint density at radius 2 is 1.76 bits per heavy atom. The van der Waals surface area contributed by atoms with Crippen molar-refractivity contribution in [3.8, 4) is 17.1 Å². The van der Waals surface area contributed by atoms with Crippen molar-refractivity contribution in [1.82, 2.24) is 15.5 Å². The monoisotopic (exact) mass is 468 g/mol. The molecule has 1 unspecified atom stereocenters. The van der Waals surface area contributed by atoms with Crippen molar-refractivity contribution in [1.29, 1.82) is 0 Å². The summed E-state index contributed by atoms with van der Waals surface area (Å²) in [5, 5.41) is 8.37. The summed E-state index contributed by atoms with van der Waals surface area (Å²) in [4.78, 5) is 6.79. The van der Waals surface area contributed by atoms with Crippen LogP contribution in [0.5, 0.6) is 5.75 Å². The van der Waals surface area contributed by atoms with Crippen molar-refractivity contribution in [3.63, 3.8) is 0 Å². The van der Waals surface area contributed by atoms with Crippen LogP contribution in [0, 0.1) is 6.92 Å². The molecule has 0 amide bonds. The van der Waals surface area contributed by atoms with E-state index >= 15 is 0 Å². The maximum atomic E-state index is 5.84. The summed E-state index contributed by atoms with van der Waals surface area (Å²) in [5.41, 5.74) is 5.76. The quantitative estimate of drug-likeness (QED) is 0.365. The van der Waals surface area contributed by atoms with Gasteiger partial charge in [-0.2, -0.15) is 4.98 Å². The molecule has 3 aromatic carbocycles. The lowest BCUT2D eigenvalue weighted by Crippen LogP contribution is -2.46. The molecule has 0 bridgehead atoms. The summed E-state index contributed by atoms with van der Waals surface area (Å²) in [6.45, 7) is 4.07. The molecule has 7 heteroatoms. The predicted molar refractivity (Wildman–Crippen MR) is 137 cm³/mol. The second-order valence-corrected chi connectivity index (χ2v) is 8.51. The third kappa shape index (κ3) is 4.06. The zero-order valence-corrected chi connectivity index (χ0v) is 20.0. The summed E-state index contributed by atoms with van der Waals surface area (Å²) in [6.07, 6.45) is 0.